The largest absolute Gasteiger partial charge is 0.455 e. The highest BCUT2D eigenvalue weighted by Crippen LogP contribution is 2.57. The van der Waals surface area contributed by atoms with Gasteiger partial charge in [-0.25, -0.2) is 0 Å². The van der Waals surface area contributed by atoms with Gasteiger partial charge in [0.2, 0.25) is 0 Å². The van der Waals surface area contributed by atoms with E-state index in [0.717, 1.165) is 60.9 Å². The topological polar surface area (TPSA) is 21.3 Å². The standard InChI is InChI=1S/C61H40N2O/c1-4-19-41(20-5-1)47-37-38-56(59-52-30-13-17-34-58(52)64-60(47)59)62(46-35-36-51-50-29-12-16-33-55(50)63(57(51)40-46)44-24-8-3-9-25-44)45-26-18-23-43(39-45)61(42-21-6-2-7-22-42)53-31-14-10-27-48(53)49-28-11-15-32-54(49)61/h1-40H/i1D,4D,5D,13D,17D,19D,20D,30D,34D,37D,38D. The number of furan rings is 1. The Kier molecular flexibility index (Phi) is 6.01. The van der Waals surface area contributed by atoms with Crippen molar-refractivity contribution in [2.75, 3.05) is 4.90 Å². The zero-order valence-corrected chi connectivity index (χ0v) is 34.0. The second-order valence-electron chi connectivity index (χ2n) is 16.0. The smallest absolute Gasteiger partial charge is 0.145 e. The van der Waals surface area contributed by atoms with E-state index < -0.39 is 77.4 Å². The number of hydrogen-bond acceptors (Lipinski definition) is 2. The van der Waals surface area contributed by atoms with Crippen LogP contribution < -0.4 is 4.90 Å². The fraction of sp³-hybridized carbons (Fsp3) is 0.0164. The summed E-state index contributed by atoms with van der Waals surface area (Å²) in [7, 11) is 0. The molecule has 2 aromatic heterocycles. The average molecular weight is 828 g/mol. The highest BCUT2D eigenvalue weighted by Gasteiger charge is 2.46. The third kappa shape index (κ3) is 5.28. The third-order valence-corrected chi connectivity index (χ3v) is 12.7. The summed E-state index contributed by atoms with van der Waals surface area (Å²) in [6.07, 6.45) is 0. The van der Waals surface area contributed by atoms with Crippen LogP contribution in [0.3, 0.4) is 0 Å². The summed E-state index contributed by atoms with van der Waals surface area (Å²) < 4.78 is 109. The summed E-state index contributed by atoms with van der Waals surface area (Å²) in [4.78, 5) is 1.83. The number of para-hydroxylation sites is 3. The van der Waals surface area contributed by atoms with E-state index in [4.69, 9.17) is 15.4 Å². The summed E-state index contributed by atoms with van der Waals surface area (Å²) >= 11 is 0. The molecule has 64 heavy (non-hydrogen) atoms. The monoisotopic (exact) mass is 827 g/mol. The Balaban J connectivity index is 1.20. The van der Waals surface area contributed by atoms with Gasteiger partial charge in [0.1, 0.15) is 11.2 Å². The van der Waals surface area contributed by atoms with E-state index in [-0.39, 0.29) is 33.2 Å². The van der Waals surface area contributed by atoms with Gasteiger partial charge in [-0.05, 0) is 99.5 Å². The molecule has 0 spiro atoms. The summed E-state index contributed by atoms with van der Waals surface area (Å²) in [6, 6.07) is 52.6. The van der Waals surface area contributed by atoms with Crippen LogP contribution in [0.2, 0.25) is 0 Å². The highest BCUT2D eigenvalue weighted by molar-refractivity contribution is 6.18. The maximum absolute atomic E-state index is 10.3. The van der Waals surface area contributed by atoms with Crippen LogP contribution in [0.1, 0.15) is 37.3 Å². The molecule has 0 N–H and O–H groups in total. The zero-order valence-electron chi connectivity index (χ0n) is 45.0. The number of hydrogen-bond donors (Lipinski definition) is 0. The van der Waals surface area contributed by atoms with Crippen molar-refractivity contribution in [3.63, 3.8) is 0 Å². The van der Waals surface area contributed by atoms with E-state index in [1.165, 1.54) is 0 Å². The van der Waals surface area contributed by atoms with Crippen molar-refractivity contribution in [3.05, 3.63) is 265 Å². The zero-order chi connectivity index (χ0) is 51.8. The molecule has 0 unspecified atom stereocenters. The highest BCUT2D eigenvalue weighted by atomic mass is 16.3. The van der Waals surface area contributed by atoms with Crippen LogP contribution in [0.5, 0.6) is 0 Å². The molecule has 2 heterocycles. The first kappa shape index (κ1) is 26.8. The lowest BCUT2D eigenvalue weighted by molar-refractivity contribution is 0.670. The van der Waals surface area contributed by atoms with Crippen molar-refractivity contribution in [1.29, 1.82) is 0 Å². The molecule has 10 aromatic carbocycles. The number of benzene rings is 10. The Hall–Kier alpha value is -8.40. The molecular weight excluding hydrogens is 777 g/mol. The Labute approximate surface area is 386 Å². The maximum atomic E-state index is 10.3. The Bertz CT molecular complexity index is 4320. The lowest BCUT2D eigenvalue weighted by Crippen LogP contribution is -2.28. The van der Waals surface area contributed by atoms with Crippen LogP contribution in [-0.2, 0) is 5.41 Å². The lowest BCUT2D eigenvalue weighted by Gasteiger charge is -2.35. The Morgan fingerprint density at radius 3 is 1.89 bits per heavy atom. The molecule has 13 rings (SSSR count). The lowest BCUT2D eigenvalue weighted by atomic mass is 9.67. The summed E-state index contributed by atoms with van der Waals surface area (Å²) in [5.74, 6) is 0. The van der Waals surface area contributed by atoms with Crippen molar-refractivity contribution in [1.82, 2.24) is 4.57 Å². The number of aromatic nitrogens is 1. The molecule has 0 aliphatic heterocycles. The van der Waals surface area contributed by atoms with Gasteiger partial charge in [0.05, 0.1) is 42.6 Å². The molecule has 1 aliphatic carbocycles. The Morgan fingerprint density at radius 2 is 1.09 bits per heavy atom. The minimum absolute atomic E-state index is 0.00903. The van der Waals surface area contributed by atoms with Gasteiger partial charge in [-0.1, -0.05) is 182 Å². The summed E-state index contributed by atoms with van der Waals surface area (Å²) in [5.41, 5.74) is 7.74. The van der Waals surface area contributed by atoms with Crippen LogP contribution in [0.15, 0.2) is 247 Å². The molecular formula is C61H40N2O. The molecule has 0 saturated heterocycles. The number of nitrogens with zero attached hydrogens (tertiary/aromatic N) is 2. The maximum Gasteiger partial charge on any atom is 0.145 e. The van der Waals surface area contributed by atoms with E-state index in [2.05, 4.69) is 65.2 Å². The van der Waals surface area contributed by atoms with E-state index in [1.807, 2.05) is 120 Å². The third-order valence-electron chi connectivity index (χ3n) is 12.7. The molecule has 300 valence electrons. The Morgan fingerprint density at radius 1 is 0.453 bits per heavy atom. The summed E-state index contributed by atoms with van der Waals surface area (Å²) in [5, 5.41) is 1.82. The molecule has 1 aliphatic rings. The van der Waals surface area contributed by atoms with Crippen LogP contribution in [0, 0.1) is 0 Å². The number of fused-ring (bicyclic) bond motifs is 9. The molecule has 0 saturated carbocycles. The first-order valence-corrected chi connectivity index (χ1v) is 21.1. The fourth-order valence-corrected chi connectivity index (χ4v) is 10.1. The normalized spacial score (nSPS) is 15.2. The van der Waals surface area contributed by atoms with Crippen molar-refractivity contribution in [3.8, 4) is 27.9 Å². The van der Waals surface area contributed by atoms with Gasteiger partial charge < -0.3 is 13.9 Å². The van der Waals surface area contributed by atoms with E-state index in [1.54, 1.807) is 0 Å². The number of anilines is 3. The minimum Gasteiger partial charge on any atom is -0.455 e. The van der Waals surface area contributed by atoms with E-state index >= 15 is 0 Å². The average Bonchev–Trinajstić information content (AvgIpc) is 4.11. The fourth-order valence-electron chi connectivity index (χ4n) is 10.1. The quantitative estimate of drug-likeness (QED) is 0.160. The van der Waals surface area contributed by atoms with E-state index in [9.17, 15) is 4.11 Å². The van der Waals surface area contributed by atoms with Crippen molar-refractivity contribution < 1.29 is 19.5 Å². The van der Waals surface area contributed by atoms with Crippen LogP contribution >= 0.6 is 0 Å². The van der Waals surface area contributed by atoms with Gasteiger partial charge in [-0.2, -0.15) is 0 Å². The molecule has 3 nitrogen and oxygen atoms in total. The molecule has 0 amide bonds. The van der Waals surface area contributed by atoms with Crippen molar-refractivity contribution >= 4 is 60.8 Å². The molecule has 0 fully saturated rings. The van der Waals surface area contributed by atoms with Gasteiger partial charge in [0, 0.05) is 38.8 Å². The molecule has 0 atom stereocenters. The van der Waals surface area contributed by atoms with Crippen molar-refractivity contribution in [2.45, 2.75) is 5.41 Å². The molecule has 0 bridgehead atoms. The van der Waals surface area contributed by atoms with Crippen LogP contribution in [0.4, 0.5) is 17.1 Å². The number of rotatable bonds is 7. The molecule has 12 aromatic rings. The van der Waals surface area contributed by atoms with Crippen molar-refractivity contribution in [2.24, 2.45) is 0 Å². The van der Waals surface area contributed by atoms with Gasteiger partial charge in [-0.3, -0.25) is 0 Å². The second-order valence-corrected chi connectivity index (χ2v) is 16.0. The van der Waals surface area contributed by atoms with Gasteiger partial charge in [0.25, 0.3) is 0 Å². The van der Waals surface area contributed by atoms with Gasteiger partial charge >= 0.3 is 0 Å². The van der Waals surface area contributed by atoms with Crippen LogP contribution in [0.25, 0.3) is 71.7 Å². The first-order chi connectivity index (χ1) is 36.3. The molecule has 3 heteroatoms. The predicted octanol–water partition coefficient (Wildman–Crippen LogP) is 16.2. The molecule has 0 radical (unpaired) electrons. The minimum atomic E-state index is -0.869. The first-order valence-electron chi connectivity index (χ1n) is 26.6. The predicted molar refractivity (Wildman–Crippen MR) is 265 cm³/mol. The van der Waals surface area contributed by atoms with Gasteiger partial charge in [-0.15, -0.1) is 0 Å². The van der Waals surface area contributed by atoms with E-state index in [0.29, 0.717) is 11.4 Å². The SMILES string of the molecule is [2H]c1c([2H])c([2H])c(-c2c([2H])c([2H])c(N(c3cccc(C4(c5ccccc5)c5ccccc5-c5ccccc54)c3)c3ccc4c5ccccc5n(-c5ccccc5)c4c3)c3c2oc2c([2H])c([2H])c([2H])c([2H])c23)c([2H])c1[2H]. The summed E-state index contributed by atoms with van der Waals surface area (Å²) in [6.45, 7) is 0. The second kappa shape index (κ2) is 14.3. The van der Waals surface area contributed by atoms with Crippen LogP contribution in [-0.4, -0.2) is 4.57 Å². The van der Waals surface area contributed by atoms with Gasteiger partial charge in [0.15, 0.2) is 0 Å².